The first-order valence-corrected chi connectivity index (χ1v) is 9.43. The number of ether oxygens (including phenoxy) is 1. The summed E-state index contributed by atoms with van der Waals surface area (Å²) in [6, 6.07) is 12.9. The zero-order valence-corrected chi connectivity index (χ0v) is 16.6. The lowest BCUT2D eigenvalue weighted by Crippen LogP contribution is -2.23. The average molecular weight is 396 g/mol. The van der Waals surface area contributed by atoms with Crippen molar-refractivity contribution in [3.8, 4) is 5.75 Å². The van der Waals surface area contributed by atoms with Crippen molar-refractivity contribution in [2.75, 3.05) is 13.7 Å². The standard InChI is InChI=1S/C21H20N2O4S/c1-13-7-8-16(9-14(13)2)22-21-23(3)20(26)18(28-21)11-15-5-4-6-17(10-15)27-12-19(24)25/h4-11H,12H2,1-3H3,(H,24,25)/b18-11-,22-21?. The number of nitrogens with zero attached hydrogens (tertiary/aromatic N) is 2. The number of aryl methyl sites for hydroxylation is 2. The van der Waals surface area contributed by atoms with Crippen LogP contribution in [-0.4, -0.2) is 40.7 Å². The summed E-state index contributed by atoms with van der Waals surface area (Å²) in [5, 5.41) is 9.33. The van der Waals surface area contributed by atoms with Gasteiger partial charge in [0.25, 0.3) is 5.91 Å². The van der Waals surface area contributed by atoms with E-state index in [1.807, 2.05) is 38.1 Å². The average Bonchev–Trinajstić information content (AvgIpc) is 2.91. The van der Waals surface area contributed by atoms with Crippen molar-refractivity contribution >= 4 is 40.6 Å². The fraction of sp³-hybridized carbons (Fsp3) is 0.190. The summed E-state index contributed by atoms with van der Waals surface area (Å²) < 4.78 is 5.19. The molecular formula is C21H20N2O4S. The molecule has 1 amide bonds. The molecule has 0 atom stereocenters. The predicted molar refractivity (Wildman–Crippen MR) is 111 cm³/mol. The number of carbonyl (C=O) groups excluding carboxylic acids is 1. The van der Waals surface area contributed by atoms with Gasteiger partial charge >= 0.3 is 5.97 Å². The van der Waals surface area contributed by atoms with Crippen LogP contribution in [0.1, 0.15) is 16.7 Å². The van der Waals surface area contributed by atoms with E-state index in [4.69, 9.17) is 9.84 Å². The van der Waals surface area contributed by atoms with E-state index in [2.05, 4.69) is 4.99 Å². The van der Waals surface area contributed by atoms with Crippen molar-refractivity contribution in [2.24, 2.45) is 4.99 Å². The molecule has 0 spiro atoms. The van der Waals surface area contributed by atoms with Crippen molar-refractivity contribution in [1.29, 1.82) is 0 Å². The monoisotopic (exact) mass is 396 g/mol. The Hall–Kier alpha value is -3.06. The molecule has 2 aromatic rings. The van der Waals surface area contributed by atoms with Gasteiger partial charge in [-0.05, 0) is 72.6 Å². The Morgan fingerprint density at radius 1 is 1.21 bits per heavy atom. The smallest absolute Gasteiger partial charge is 0.341 e. The molecule has 0 saturated carbocycles. The van der Waals surface area contributed by atoms with Gasteiger partial charge in [0.2, 0.25) is 0 Å². The van der Waals surface area contributed by atoms with Crippen LogP contribution in [0.4, 0.5) is 5.69 Å². The summed E-state index contributed by atoms with van der Waals surface area (Å²) in [7, 11) is 1.70. The molecule has 0 radical (unpaired) electrons. The normalized spacial score (nSPS) is 16.8. The van der Waals surface area contributed by atoms with E-state index in [-0.39, 0.29) is 5.91 Å². The van der Waals surface area contributed by atoms with Crippen LogP contribution in [0.2, 0.25) is 0 Å². The number of hydrogen-bond acceptors (Lipinski definition) is 5. The van der Waals surface area contributed by atoms with Crippen LogP contribution >= 0.6 is 11.8 Å². The van der Waals surface area contributed by atoms with Crippen LogP contribution < -0.4 is 4.74 Å². The summed E-state index contributed by atoms with van der Waals surface area (Å²) in [6.07, 6.45) is 1.75. The third kappa shape index (κ3) is 4.61. The van der Waals surface area contributed by atoms with Gasteiger partial charge in [-0.1, -0.05) is 18.2 Å². The Labute approximate surface area is 167 Å². The number of likely N-dealkylation sites (N-methyl/N-ethyl adjacent to an activating group) is 1. The number of carboxylic acid groups (broad SMARTS) is 1. The number of carbonyl (C=O) groups is 2. The van der Waals surface area contributed by atoms with Crippen LogP contribution in [0.15, 0.2) is 52.4 Å². The van der Waals surface area contributed by atoms with Crippen LogP contribution in [0.5, 0.6) is 5.75 Å². The first-order chi connectivity index (χ1) is 13.3. The lowest BCUT2D eigenvalue weighted by atomic mass is 10.1. The molecule has 1 aliphatic rings. The molecule has 1 saturated heterocycles. The lowest BCUT2D eigenvalue weighted by molar-refractivity contribution is -0.139. The second kappa shape index (κ2) is 8.31. The fourth-order valence-corrected chi connectivity index (χ4v) is 3.53. The quantitative estimate of drug-likeness (QED) is 0.773. The number of aliphatic imine (C=N–C) groups is 1. The molecular weight excluding hydrogens is 376 g/mol. The molecule has 7 heteroatoms. The largest absolute Gasteiger partial charge is 0.482 e. The van der Waals surface area contributed by atoms with Crippen LogP contribution in [0, 0.1) is 13.8 Å². The number of rotatable bonds is 5. The molecule has 0 unspecified atom stereocenters. The number of amides is 1. The summed E-state index contributed by atoms with van der Waals surface area (Å²) in [4.78, 5) is 29.9. The van der Waals surface area contributed by atoms with Crippen molar-refractivity contribution < 1.29 is 19.4 Å². The molecule has 1 fully saturated rings. The third-order valence-electron chi connectivity index (χ3n) is 4.24. The number of benzene rings is 2. The van der Waals surface area contributed by atoms with Crippen molar-refractivity contribution in [3.63, 3.8) is 0 Å². The molecule has 0 bridgehead atoms. The highest BCUT2D eigenvalue weighted by Crippen LogP contribution is 2.33. The predicted octanol–water partition coefficient (Wildman–Crippen LogP) is 4.00. The van der Waals surface area contributed by atoms with E-state index in [0.717, 1.165) is 16.8 Å². The van der Waals surface area contributed by atoms with E-state index in [1.54, 1.807) is 31.3 Å². The van der Waals surface area contributed by atoms with Crippen molar-refractivity contribution in [3.05, 3.63) is 64.1 Å². The molecule has 0 aromatic heterocycles. The molecule has 3 rings (SSSR count). The molecule has 1 heterocycles. The van der Waals surface area contributed by atoms with E-state index in [1.165, 1.54) is 22.2 Å². The summed E-state index contributed by atoms with van der Waals surface area (Å²) >= 11 is 1.30. The topological polar surface area (TPSA) is 79.2 Å². The number of hydrogen-bond donors (Lipinski definition) is 1. The number of thioether (sulfide) groups is 1. The molecule has 28 heavy (non-hydrogen) atoms. The number of amidine groups is 1. The number of carboxylic acids is 1. The van der Waals surface area contributed by atoms with Gasteiger partial charge in [0.15, 0.2) is 11.8 Å². The highest BCUT2D eigenvalue weighted by Gasteiger charge is 2.30. The molecule has 1 N–H and O–H groups in total. The van der Waals surface area contributed by atoms with Crippen molar-refractivity contribution in [2.45, 2.75) is 13.8 Å². The molecule has 6 nitrogen and oxygen atoms in total. The van der Waals surface area contributed by atoms with Gasteiger partial charge in [0.05, 0.1) is 10.6 Å². The van der Waals surface area contributed by atoms with Crippen LogP contribution in [0.25, 0.3) is 6.08 Å². The SMILES string of the molecule is Cc1ccc(N=C2S/C(=C\c3cccc(OCC(=O)O)c3)C(=O)N2C)cc1C. The molecule has 2 aromatic carbocycles. The summed E-state index contributed by atoms with van der Waals surface area (Å²) in [5.41, 5.74) is 3.89. The van der Waals surface area contributed by atoms with E-state index in [0.29, 0.717) is 15.8 Å². The zero-order valence-electron chi connectivity index (χ0n) is 15.8. The van der Waals surface area contributed by atoms with Gasteiger partial charge < -0.3 is 9.84 Å². The van der Waals surface area contributed by atoms with E-state index in [9.17, 15) is 9.59 Å². The Morgan fingerprint density at radius 3 is 2.71 bits per heavy atom. The third-order valence-corrected chi connectivity index (χ3v) is 5.30. The first kappa shape index (κ1) is 19.7. The molecule has 144 valence electrons. The first-order valence-electron chi connectivity index (χ1n) is 8.61. The van der Waals surface area contributed by atoms with Gasteiger partial charge in [0.1, 0.15) is 5.75 Å². The van der Waals surface area contributed by atoms with E-state index >= 15 is 0 Å². The summed E-state index contributed by atoms with van der Waals surface area (Å²) in [6.45, 7) is 3.66. The minimum Gasteiger partial charge on any atom is -0.482 e. The fourth-order valence-electron chi connectivity index (χ4n) is 2.55. The van der Waals surface area contributed by atoms with Gasteiger partial charge in [-0.25, -0.2) is 9.79 Å². The van der Waals surface area contributed by atoms with E-state index < -0.39 is 12.6 Å². The van der Waals surface area contributed by atoms with Crippen LogP contribution in [0.3, 0.4) is 0 Å². The van der Waals surface area contributed by atoms with Gasteiger partial charge in [-0.2, -0.15) is 0 Å². The maximum Gasteiger partial charge on any atom is 0.341 e. The number of aliphatic carboxylic acids is 1. The minimum absolute atomic E-state index is 0.135. The van der Waals surface area contributed by atoms with Gasteiger partial charge in [-0.3, -0.25) is 9.69 Å². The molecule has 0 aliphatic carbocycles. The summed E-state index contributed by atoms with van der Waals surface area (Å²) in [5.74, 6) is -0.742. The second-order valence-electron chi connectivity index (χ2n) is 6.39. The maximum absolute atomic E-state index is 12.6. The highest BCUT2D eigenvalue weighted by molar-refractivity contribution is 8.18. The van der Waals surface area contributed by atoms with Crippen LogP contribution in [-0.2, 0) is 9.59 Å². The maximum atomic E-state index is 12.6. The minimum atomic E-state index is -1.04. The van der Waals surface area contributed by atoms with Crippen molar-refractivity contribution in [1.82, 2.24) is 4.90 Å². The lowest BCUT2D eigenvalue weighted by Gasteiger charge is -2.08. The van der Waals surface area contributed by atoms with Gasteiger partial charge in [-0.15, -0.1) is 0 Å². The van der Waals surface area contributed by atoms with Gasteiger partial charge in [0, 0.05) is 7.05 Å². The second-order valence-corrected chi connectivity index (χ2v) is 7.40. The Balaban J connectivity index is 1.83. The Kier molecular flexibility index (Phi) is 5.84. The molecule has 1 aliphatic heterocycles. The highest BCUT2D eigenvalue weighted by atomic mass is 32.2. The Bertz CT molecular complexity index is 998. The Morgan fingerprint density at radius 2 is 2.00 bits per heavy atom. The zero-order chi connectivity index (χ0) is 20.3.